The van der Waals surface area contributed by atoms with Gasteiger partial charge >= 0.3 is 0 Å². The molecule has 1 amide bonds. The molecule has 1 saturated carbocycles. The number of rotatable bonds is 8. The molecular weight excluding hydrogens is 450 g/mol. The number of aromatic nitrogens is 1. The highest BCUT2D eigenvalue weighted by molar-refractivity contribution is 8.00. The standard InChI is InChI=1S/C22H25N3O5S2/c1-14(21(26)23-15-5-3-4-6-15)31-22-24-19-13-18(11-12-20(19)30-22)32(27,28)25-16-7-9-17(29-2)10-8-16/h7-15,25H,3-6H2,1-2H3,(H,23,26)/t14-/m1/s1. The first-order valence-corrected chi connectivity index (χ1v) is 12.7. The SMILES string of the molecule is COc1ccc(NS(=O)(=O)c2ccc3oc(S[C@H](C)C(=O)NC4CCCC4)nc3c2)cc1. The zero-order chi connectivity index (χ0) is 22.7. The number of thioether (sulfide) groups is 1. The number of nitrogens with one attached hydrogen (secondary N) is 2. The Labute approximate surface area is 191 Å². The predicted molar refractivity (Wildman–Crippen MR) is 124 cm³/mol. The number of carbonyl (C=O) groups is 1. The van der Waals surface area contributed by atoms with Gasteiger partial charge in [0, 0.05) is 11.7 Å². The summed E-state index contributed by atoms with van der Waals surface area (Å²) in [7, 11) is -2.27. The van der Waals surface area contributed by atoms with E-state index < -0.39 is 10.0 Å². The van der Waals surface area contributed by atoms with Gasteiger partial charge in [-0.25, -0.2) is 13.4 Å². The molecule has 32 heavy (non-hydrogen) atoms. The number of fused-ring (bicyclic) bond motifs is 1. The summed E-state index contributed by atoms with van der Waals surface area (Å²) in [5.74, 6) is 0.587. The number of anilines is 1. The van der Waals surface area contributed by atoms with Gasteiger partial charge in [0.15, 0.2) is 5.58 Å². The van der Waals surface area contributed by atoms with Gasteiger partial charge in [0.2, 0.25) is 5.91 Å². The number of hydrogen-bond acceptors (Lipinski definition) is 7. The summed E-state index contributed by atoms with van der Waals surface area (Å²) in [6, 6.07) is 11.3. The van der Waals surface area contributed by atoms with Crippen LogP contribution in [0.3, 0.4) is 0 Å². The molecule has 1 atom stereocenters. The van der Waals surface area contributed by atoms with E-state index in [-0.39, 0.29) is 22.1 Å². The van der Waals surface area contributed by atoms with E-state index in [0.29, 0.717) is 27.8 Å². The van der Waals surface area contributed by atoms with Crippen molar-refractivity contribution in [2.24, 2.45) is 0 Å². The van der Waals surface area contributed by atoms with Gasteiger partial charge in [-0.2, -0.15) is 0 Å². The molecule has 0 aliphatic heterocycles. The molecule has 0 bridgehead atoms. The van der Waals surface area contributed by atoms with E-state index in [1.54, 1.807) is 44.4 Å². The van der Waals surface area contributed by atoms with Crippen molar-refractivity contribution in [2.45, 2.75) is 54.0 Å². The van der Waals surface area contributed by atoms with Crippen LogP contribution in [0, 0.1) is 0 Å². The fourth-order valence-electron chi connectivity index (χ4n) is 3.57. The van der Waals surface area contributed by atoms with Gasteiger partial charge in [0.1, 0.15) is 11.3 Å². The highest BCUT2D eigenvalue weighted by Crippen LogP contribution is 2.29. The average molecular weight is 476 g/mol. The average Bonchev–Trinajstić information content (AvgIpc) is 3.42. The van der Waals surface area contributed by atoms with Gasteiger partial charge in [-0.1, -0.05) is 24.6 Å². The van der Waals surface area contributed by atoms with Crippen LogP contribution in [0.5, 0.6) is 5.75 Å². The second kappa shape index (κ2) is 9.41. The molecule has 170 valence electrons. The molecule has 0 unspecified atom stereocenters. The second-order valence-corrected chi connectivity index (χ2v) is 10.7. The molecule has 2 aromatic carbocycles. The first kappa shape index (κ1) is 22.5. The summed E-state index contributed by atoms with van der Waals surface area (Å²) in [6.45, 7) is 1.80. The van der Waals surface area contributed by atoms with Gasteiger partial charge in [-0.15, -0.1) is 0 Å². The number of benzene rings is 2. The topological polar surface area (TPSA) is 111 Å². The monoisotopic (exact) mass is 475 g/mol. The summed E-state index contributed by atoms with van der Waals surface area (Å²) < 4.78 is 38.9. The zero-order valence-corrected chi connectivity index (χ0v) is 19.5. The van der Waals surface area contributed by atoms with Crippen molar-refractivity contribution >= 4 is 44.5 Å². The third kappa shape index (κ3) is 5.18. The number of nitrogens with zero attached hydrogens (tertiary/aromatic N) is 1. The van der Waals surface area contributed by atoms with E-state index in [0.717, 1.165) is 25.7 Å². The minimum absolute atomic E-state index is 0.0453. The Morgan fingerprint density at radius 3 is 2.59 bits per heavy atom. The highest BCUT2D eigenvalue weighted by atomic mass is 32.2. The Hall–Kier alpha value is -2.72. The molecule has 1 aliphatic rings. The molecule has 0 radical (unpaired) electrons. The predicted octanol–water partition coefficient (Wildman–Crippen LogP) is 4.18. The number of ether oxygens (including phenoxy) is 1. The third-order valence-corrected chi connectivity index (χ3v) is 7.66. The fourth-order valence-corrected chi connectivity index (χ4v) is 5.41. The Kier molecular flexibility index (Phi) is 6.61. The highest BCUT2D eigenvalue weighted by Gasteiger charge is 2.23. The van der Waals surface area contributed by atoms with Crippen LogP contribution < -0.4 is 14.8 Å². The number of amides is 1. The van der Waals surface area contributed by atoms with Crippen LogP contribution in [0.25, 0.3) is 11.1 Å². The number of sulfonamides is 1. The lowest BCUT2D eigenvalue weighted by molar-refractivity contribution is -0.120. The summed E-state index contributed by atoms with van der Waals surface area (Å²) in [6.07, 6.45) is 4.34. The van der Waals surface area contributed by atoms with Crippen LogP contribution in [0.1, 0.15) is 32.6 Å². The smallest absolute Gasteiger partial charge is 0.261 e. The maximum absolute atomic E-state index is 12.8. The number of carbonyl (C=O) groups excluding carboxylic acids is 1. The molecule has 1 fully saturated rings. The molecule has 10 heteroatoms. The van der Waals surface area contributed by atoms with Crippen molar-refractivity contribution in [2.75, 3.05) is 11.8 Å². The quantitative estimate of drug-likeness (QED) is 0.470. The Bertz CT molecular complexity index is 1200. The Morgan fingerprint density at radius 2 is 1.91 bits per heavy atom. The largest absolute Gasteiger partial charge is 0.497 e. The van der Waals surface area contributed by atoms with E-state index in [1.165, 1.54) is 23.9 Å². The number of methoxy groups -OCH3 is 1. The first-order chi connectivity index (χ1) is 15.3. The molecule has 1 aromatic heterocycles. The third-order valence-electron chi connectivity index (χ3n) is 5.34. The van der Waals surface area contributed by atoms with Crippen molar-refractivity contribution in [1.29, 1.82) is 0 Å². The van der Waals surface area contributed by atoms with E-state index >= 15 is 0 Å². The van der Waals surface area contributed by atoms with Crippen LogP contribution in [-0.4, -0.2) is 37.7 Å². The van der Waals surface area contributed by atoms with E-state index in [1.807, 2.05) is 0 Å². The normalized spacial score (nSPS) is 15.6. The molecule has 1 aliphatic carbocycles. The van der Waals surface area contributed by atoms with E-state index in [9.17, 15) is 13.2 Å². The van der Waals surface area contributed by atoms with Crippen LogP contribution in [-0.2, 0) is 14.8 Å². The maximum atomic E-state index is 12.8. The summed E-state index contributed by atoms with van der Waals surface area (Å²) in [4.78, 5) is 16.9. The van der Waals surface area contributed by atoms with Crippen molar-refractivity contribution in [1.82, 2.24) is 10.3 Å². The summed E-state index contributed by atoms with van der Waals surface area (Å²) in [5.41, 5.74) is 1.29. The van der Waals surface area contributed by atoms with Crippen LogP contribution >= 0.6 is 11.8 Å². The molecule has 1 heterocycles. The van der Waals surface area contributed by atoms with Gasteiger partial charge < -0.3 is 14.5 Å². The molecule has 2 N–H and O–H groups in total. The number of hydrogen-bond donors (Lipinski definition) is 2. The molecule has 4 rings (SSSR count). The van der Waals surface area contributed by atoms with Gasteiger partial charge in [-0.05, 0) is 62.2 Å². The lowest BCUT2D eigenvalue weighted by atomic mass is 10.2. The van der Waals surface area contributed by atoms with Gasteiger partial charge in [-0.3, -0.25) is 9.52 Å². The minimum Gasteiger partial charge on any atom is -0.497 e. The lowest BCUT2D eigenvalue weighted by Crippen LogP contribution is -2.37. The van der Waals surface area contributed by atoms with Crippen molar-refractivity contribution < 1.29 is 22.4 Å². The van der Waals surface area contributed by atoms with E-state index in [2.05, 4.69) is 15.0 Å². The van der Waals surface area contributed by atoms with Crippen LogP contribution in [0.2, 0.25) is 0 Å². The van der Waals surface area contributed by atoms with E-state index in [4.69, 9.17) is 9.15 Å². The second-order valence-electron chi connectivity index (χ2n) is 7.69. The van der Waals surface area contributed by atoms with Crippen LogP contribution in [0.4, 0.5) is 5.69 Å². The van der Waals surface area contributed by atoms with Gasteiger partial charge in [0.05, 0.1) is 17.3 Å². The van der Waals surface area contributed by atoms with Crippen LogP contribution in [0.15, 0.2) is 57.0 Å². The van der Waals surface area contributed by atoms with Gasteiger partial charge in [0.25, 0.3) is 15.2 Å². The summed E-state index contributed by atoms with van der Waals surface area (Å²) in [5, 5.41) is 3.02. The minimum atomic E-state index is -3.81. The maximum Gasteiger partial charge on any atom is 0.261 e. The zero-order valence-electron chi connectivity index (χ0n) is 17.8. The van der Waals surface area contributed by atoms with Crippen molar-refractivity contribution in [3.05, 3.63) is 42.5 Å². The molecular formula is C22H25N3O5S2. The number of oxazole rings is 1. The Balaban J connectivity index is 1.46. The Morgan fingerprint density at radius 1 is 1.19 bits per heavy atom. The van der Waals surface area contributed by atoms with Crippen molar-refractivity contribution in [3.63, 3.8) is 0 Å². The molecule has 8 nitrogen and oxygen atoms in total. The van der Waals surface area contributed by atoms with Crippen molar-refractivity contribution in [3.8, 4) is 5.75 Å². The summed E-state index contributed by atoms with van der Waals surface area (Å²) >= 11 is 1.21. The molecule has 0 saturated heterocycles. The lowest BCUT2D eigenvalue weighted by Gasteiger charge is -2.15. The fraction of sp³-hybridized carbons (Fsp3) is 0.364. The first-order valence-electron chi connectivity index (χ1n) is 10.4. The molecule has 3 aromatic rings. The molecule has 0 spiro atoms.